The van der Waals surface area contributed by atoms with Crippen LogP contribution in [0.2, 0.25) is 0 Å². The Hall–Kier alpha value is -3.99. The van der Waals surface area contributed by atoms with Gasteiger partial charge in [0.25, 0.3) is 0 Å². The second kappa shape index (κ2) is 9.09. The molecule has 0 saturated carbocycles. The maximum atomic E-state index is 10.1. The van der Waals surface area contributed by atoms with E-state index in [1.54, 1.807) is 0 Å². The van der Waals surface area contributed by atoms with Crippen LogP contribution in [0.3, 0.4) is 0 Å². The SMILES string of the molecule is CN1CCC[C@H]1c1ncc(-c2ccc3c(c2)cc(C#N)c2cc(-c4cnc([C@@H]5CCCN5C)[nH]4)ccc23)[nH]1. The van der Waals surface area contributed by atoms with E-state index in [4.69, 9.17) is 9.97 Å². The number of benzene rings is 3. The highest BCUT2D eigenvalue weighted by molar-refractivity contribution is 6.11. The molecule has 0 aliphatic carbocycles. The van der Waals surface area contributed by atoms with Crippen LogP contribution < -0.4 is 0 Å². The number of H-pyrrole nitrogens is 2. The number of rotatable bonds is 4. The van der Waals surface area contributed by atoms with E-state index in [-0.39, 0.29) is 0 Å². The predicted octanol–water partition coefficient (Wildman–Crippen LogP) is 6.18. The lowest BCUT2D eigenvalue weighted by Gasteiger charge is -2.16. The third-order valence-electron chi connectivity index (χ3n) is 8.56. The summed E-state index contributed by atoms with van der Waals surface area (Å²) < 4.78 is 0. The first-order valence-corrected chi connectivity index (χ1v) is 13.5. The van der Waals surface area contributed by atoms with Gasteiger partial charge in [-0.3, -0.25) is 9.80 Å². The number of nitriles is 1. The highest BCUT2D eigenvalue weighted by Gasteiger charge is 2.26. The minimum absolute atomic E-state index is 0.349. The Labute approximate surface area is 222 Å². The molecule has 7 nitrogen and oxygen atoms in total. The van der Waals surface area contributed by atoms with Gasteiger partial charge in [-0.15, -0.1) is 0 Å². The van der Waals surface area contributed by atoms with Gasteiger partial charge >= 0.3 is 0 Å². The maximum Gasteiger partial charge on any atom is 0.123 e. The molecule has 2 aromatic heterocycles. The Balaban J connectivity index is 1.26. The van der Waals surface area contributed by atoms with Crippen molar-refractivity contribution in [1.29, 1.82) is 5.26 Å². The quantitative estimate of drug-likeness (QED) is 0.287. The fraction of sp³-hybridized carbons (Fsp3) is 0.323. The van der Waals surface area contributed by atoms with E-state index in [9.17, 15) is 5.26 Å². The maximum absolute atomic E-state index is 10.1. The average molecular weight is 502 g/mol. The van der Waals surface area contributed by atoms with Crippen molar-refractivity contribution < 1.29 is 0 Å². The molecule has 2 saturated heterocycles. The molecule has 0 bridgehead atoms. The third-order valence-corrected chi connectivity index (χ3v) is 8.56. The van der Waals surface area contributed by atoms with Crippen LogP contribution >= 0.6 is 0 Å². The fourth-order valence-corrected chi connectivity index (χ4v) is 6.41. The van der Waals surface area contributed by atoms with Crippen LogP contribution in [0.15, 0.2) is 54.9 Å². The molecule has 2 aliphatic heterocycles. The van der Waals surface area contributed by atoms with Crippen LogP contribution in [0.25, 0.3) is 44.1 Å². The molecule has 2 atom stereocenters. The molecule has 4 heterocycles. The predicted molar refractivity (Wildman–Crippen MR) is 151 cm³/mol. The molecular weight excluding hydrogens is 470 g/mol. The molecular formula is C31H31N7. The second-order valence-corrected chi connectivity index (χ2v) is 10.9. The minimum atomic E-state index is 0.349. The summed E-state index contributed by atoms with van der Waals surface area (Å²) in [4.78, 5) is 21.2. The molecule has 0 spiro atoms. The molecule has 190 valence electrons. The van der Waals surface area contributed by atoms with Gasteiger partial charge in [0.1, 0.15) is 11.6 Å². The standard InChI is InChI=1S/C31H31N7/c1-37-11-3-5-28(37)30-33-17-26(35-30)19-7-9-23-21(13-19)14-22(16-32)25-15-20(8-10-24(23)25)27-18-34-31(36-27)29-6-4-12-38(29)2/h7-10,13-15,17-18,28-29H,3-6,11-12H2,1-2H3,(H,33,35)(H,34,36)/t28-,29-/m0/s1. The van der Waals surface area contributed by atoms with Gasteiger partial charge in [0, 0.05) is 16.5 Å². The number of imidazole rings is 2. The Morgan fingerprint density at radius 1 is 0.763 bits per heavy atom. The lowest BCUT2D eigenvalue weighted by molar-refractivity contribution is 0.307. The summed E-state index contributed by atoms with van der Waals surface area (Å²) >= 11 is 0. The summed E-state index contributed by atoms with van der Waals surface area (Å²) in [6.45, 7) is 2.22. The van der Waals surface area contributed by atoms with Crippen molar-refractivity contribution in [3.63, 3.8) is 0 Å². The molecule has 2 aliphatic rings. The van der Waals surface area contributed by atoms with Crippen molar-refractivity contribution in [2.45, 2.75) is 37.8 Å². The van der Waals surface area contributed by atoms with Crippen molar-refractivity contribution >= 4 is 21.5 Å². The van der Waals surface area contributed by atoms with E-state index in [0.717, 1.165) is 81.6 Å². The van der Waals surface area contributed by atoms with Gasteiger partial charge in [0.05, 0.1) is 47.5 Å². The van der Waals surface area contributed by atoms with Gasteiger partial charge in [-0.25, -0.2) is 9.97 Å². The highest BCUT2D eigenvalue weighted by Crippen LogP contribution is 2.36. The molecule has 2 N–H and O–H groups in total. The van der Waals surface area contributed by atoms with E-state index in [1.165, 1.54) is 12.8 Å². The Kier molecular flexibility index (Phi) is 5.54. The van der Waals surface area contributed by atoms with Crippen molar-refractivity contribution in [2.75, 3.05) is 27.2 Å². The first-order valence-electron chi connectivity index (χ1n) is 13.5. The molecule has 0 radical (unpaired) electrons. The third kappa shape index (κ3) is 3.80. The second-order valence-electron chi connectivity index (χ2n) is 10.9. The number of nitrogens with one attached hydrogen (secondary N) is 2. The van der Waals surface area contributed by atoms with Crippen molar-refractivity contribution in [2.24, 2.45) is 0 Å². The first kappa shape index (κ1) is 23.2. The van der Waals surface area contributed by atoms with Crippen LogP contribution in [-0.4, -0.2) is 56.9 Å². The van der Waals surface area contributed by atoms with E-state index in [2.05, 4.69) is 76.3 Å². The zero-order valence-corrected chi connectivity index (χ0v) is 21.8. The van der Waals surface area contributed by atoms with E-state index in [1.807, 2.05) is 18.5 Å². The van der Waals surface area contributed by atoms with E-state index >= 15 is 0 Å². The number of likely N-dealkylation sites (tertiary alicyclic amines) is 2. The molecule has 2 fully saturated rings. The van der Waals surface area contributed by atoms with Crippen LogP contribution in [0.5, 0.6) is 0 Å². The molecule has 3 aromatic carbocycles. The smallest absolute Gasteiger partial charge is 0.123 e. The summed E-state index contributed by atoms with van der Waals surface area (Å²) in [7, 11) is 4.32. The average Bonchev–Trinajstić information content (AvgIpc) is 3.74. The van der Waals surface area contributed by atoms with Gasteiger partial charge in [0.2, 0.25) is 0 Å². The zero-order chi connectivity index (χ0) is 25.8. The Morgan fingerprint density at radius 2 is 1.34 bits per heavy atom. The van der Waals surface area contributed by atoms with Gasteiger partial charge in [-0.1, -0.05) is 24.3 Å². The Bertz CT molecular complexity index is 1700. The molecule has 7 rings (SSSR count). The zero-order valence-electron chi connectivity index (χ0n) is 21.8. The number of hydrogen-bond acceptors (Lipinski definition) is 5. The molecule has 0 amide bonds. The largest absolute Gasteiger partial charge is 0.341 e. The molecule has 0 unspecified atom stereocenters. The normalized spacial score (nSPS) is 20.6. The summed E-state index contributed by atoms with van der Waals surface area (Å²) in [6.07, 6.45) is 8.53. The number of aromatic amines is 2. The van der Waals surface area contributed by atoms with Crippen LogP contribution in [0, 0.1) is 11.3 Å². The first-order chi connectivity index (χ1) is 18.6. The van der Waals surface area contributed by atoms with E-state index in [0.29, 0.717) is 17.6 Å². The summed E-state index contributed by atoms with van der Waals surface area (Å²) in [5.74, 6) is 2.05. The minimum Gasteiger partial charge on any atom is -0.341 e. The molecule has 5 aromatic rings. The lowest BCUT2D eigenvalue weighted by atomic mass is 9.94. The fourth-order valence-electron chi connectivity index (χ4n) is 6.41. The Morgan fingerprint density at radius 3 is 1.89 bits per heavy atom. The van der Waals surface area contributed by atoms with Crippen molar-refractivity contribution in [3.05, 3.63) is 72.1 Å². The topological polar surface area (TPSA) is 87.6 Å². The van der Waals surface area contributed by atoms with Gasteiger partial charge < -0.3 is 9.97 Å². The molecule has 38 heavy (non-hydrogen) atoms. The molecule has 7 heteroatoms. The number of aromatic nitrogens is 4. The van der Waals surface area contributed by atoms with Crippen molar-refractivity contribution in [1.82, 2.24) is 29.7 Å². The lowest BCUT2D eigenvalue weighted by Crippen LogP contribution is -2.18. The van der Waals surface area contributed by atoms with Crippen LogP contribution in [-0.2, 0) is 0 Å². The van der Waals surface area contributed by atoms with Crippen molar-refractivity contribution in [3.8, 4) is 28.6 Å². The van der Waals surface area contributed by atoms with Gasteiger partial charge in [0.15, 0.2) is 0 Å². The monoisotopic (exact) mass is 501 g/mol. The number of hydrogen-bond donors (Lipinski definition) is 2. The van der Waals surface area contributed by atoms with Crippen LogP contribution in [0.1, 0.15) is 55.0 Å². The number of fused-ring (bicyclic) bond motifs is 3. The van der Waals surface area contributed by atoms with Gasteiger partial charge in [-0.05, 0) is 87.2 Å². The van der Waals surface area contributed by atoms with Crippen LogP contribution in [0.4, 0.5) is 0 Å². The summed E-state index contributed by atoms with van der Waals surface area (Å²) in [5.41, 5.74) is 4.81. The summed E-state index contributed by atoms with van der Waals surface area (Å²) in [6, 6.07) is 18.0. The van der Waals surface area contributed by atoms with Gasteiger partial charge in [-0.2, -0.15) is 5.26 Å². The number of nitrogens with zero attached hydrogens (tertiary/aromatic N) is 5. The highest BCUT2D eigenvalue weighted by atomic mass is 15.2. The van der Waals surface area contributed by atoms with E-state index < -0.39 is 0 Å². The summed E-state index contributed by atoms with van der Waals surface area (Å²) in [5, 5.41) is 14.3.